The molecule has 0 aromatic heterocycles. The molecule has 0 saturated heterocycles. The maximum atomic E-state index is 11.9. The molecule has 0 heterocycles. The first-order chi connectivity index (χ1) is 8.16. The molecule has 0 amide bonds. The van der Waals surface area contributed by atoms with Crippen molar-refractivity contribution in [2.45, 2.75) is 79.0 Å². The van der Waals surface area contributed by atoms with Crippen LogP contribution >= 0.6 is 0 Å². The Hall–Kier alpha value is -0.153. The molecule has 0 spiro atoms. The van der Waals surface area contributed by atoms with E-state index in [1.165, 1.54) is 0 Å². The SMILES string of the molecule is CC(C)C(=O)CC(O[Si](C(C)C)C(C)C)C(C)C. The van der Waals surface area contributed by atoms with Crippen LogP contribution in [0.25, 0.3) is 0 Å². The van der Waals surface area contributed by atoms with Crippen molar-refractivity contribution in [1.29, 1.82) is 0 Å². The Morgan fingerprint density at radius 2 is 1.39 bits per heavy atom. The van der Waals surface area contributed by atoms with Gasteiger partial charge in [-0.05, 0) is 17.0 Å². The summed E-state index contributed by atoms with van der Waals surface area (Å²) < 4.78 is 6.34. The van der Waals surface area contributed by atoms with E-state index >= 15 is 0 Å². The maximum absolute atomic E-state index is 11.9. The minimum Gasteiger partial charge on any atom is -0.412 e. The zero-order valence-electron chi connectivity index (χ0n) is 13.4. The van der Waals surface area contributed by atoms with Crippen molar-refractivity contribution in [3.63, 3.8) is 0 Å². The van der Waals surface area contributed by atoms with E-state index in [1.807, 2.05) is 13.8 Å². The lowest BCUT2D eigenvalue weighted by molar-refractivity contribution is -0.124. The highest BCUT2D eigenvalue weighted by atomic mass is 28.3. The summed E-state index contributed by atoms with van der Waals surface area (Å²) in [6.07, 6.45) is 0.668. The Morgan fingerprint density at radius 1 is 0.944 bits per heavy atom. The molecule has 1 atom stereocenters. The molecule has 0 bridgehead atoms. The minimum absolute atomic E-state index is 0.0959. The highest BCUT2D eigenvalue weighted by Crippen LogP contribution is 2.26. The van der Waals surface area contributed by atoms with Crippen LogP contribution in [0, 0.1) is 11.8 Å². The van der Waals surface area contributed by atoms with Crippen molar-refractivity contribution in [1.82, 2.24) is 0 Å². The van der Waals surface area contributed by atoms with Gasteiger partial charge in [-0.25, -0.2) is 0 Å². The smallest absolute Gasteiger partial charge is 0.217 e. The van der Waals surface area contributed by atoms with Gasteiger partial charge in [-0.15, -0.1) is 0 Å². The standard InChI is InChI=1S/C15H31O2Si/c1-10(2)14(16)9-15(11(3)4)17-18(12(5)6)13(7)8/h10-13,15H,9H2,1-8H3. The summed E-state index contributed by atoms with van der Waals surface area (Å²) in [5, 5.41) is 0. The van der Waals surface area contributed by atoms with Gasteiger partial charge in [0.1, 0.15) is 5.78 Å². The molecule has 0 aliphatic carbocycles. The van der Waals surface area contributed by atoms with E-state index in [-0.39, 0.29) is 12.0 Å². The number of rotatable bonds is 8. The van der Waals surface area contributed by atoms with Crippen molar-refractivity contribution in [3.05, 3.63) is 0 Å². The van der Waals surface area contributed by atoms with E-state index < -0.39 is 9.04 Å². The molecular weight excluding hydrogens is 240 g/mol. The third kappa shape index (κ3) is 6.14. The summed E-state index contributed by atoms with van der Waals surface area (Å²) in [6, 6.07) is 0. The lowest BCUT2D eigenvalue weighted by atomic mass is 9.97. The maximum Gasteiger partial charge on any atom is 0.217 e. The van der Waals surface area contributed by atoms with Crippen LogP contribution < -0.4 is 0 Å². The Kier molecular flexibility index (Phi) is 8.04. The van der Waals surface area contributed by atoms with Gasteiger partial charge in [0.2, 0.25) is 9.04 Å². The summed E-state index contributed by atoms with van der Waals surface area (Å²) in [6.45, 7) is 17.2. The normalized spacial score (nSPS) is 14.3. The van der Waals surface area contributed by atoms with Gasteiger partial charge in [0.05, 0.1) is 6.10 Å². The van der Waals surface area contributed by atoms with E-state index in [9.17, 15) is 4.79 Å². The fraction of sp³-hybridized carbons (Fsp3) is 0.933. The molecule has 18 heavy (non-hydrogen) atoms. The van der Waals surface area contributed by atoms with Crippen LogP contribution in [0.15, 0.2) is 0 Å². The molecule has 1 unspecified atom stereocenters. The van der Waals surface area contributed by atoms with Gasteiger partial charge in [0, 0.05) is 12.3 Å². The van der Waals surface area contributed by atoms with Crippen LogP contribution in [0.2, 0.25) is 11.1 Å². The summed E-state index contributed by atoms with van der Waals surface area (Å²) in [4.78, 5) is 11.9. The van der Waals surface area contributed by atoms with Crippen LogP contribution in [0.5, 0.6) is 0 Å². The fourth-order valence-corrected chi connectivity index (χ4v) is 4.54. The quantitative estimate of drug-likeness (QED) is 0.609. The Labute approximate surface area is 115 Å². The van der Waals surface area contributed by atoms with Crippen molar-refractivity contribution >= 4 is 14.8 Å². The van der Waals surface area contributed by atoms with E-state index in [0.29, 0.717) is 29.2 Å². The number of ketones is 1. The molecule has 1 radical (unpaired) electrons. The van der Waals surface area contributed by atoms with Gasteiger partial charge >= 0.3 is 0 Å². The lowest BCUT2D eigenvalue weighted by Gasteiger charge is -2.30. The van der Waals surface area contributed by atoms with Crippen molar-refractivity contribution in [3.8, 4) is 0 Å². The highest BCUT2D eigenvalue weighted by Gasteiger charge is 2.29. The fourth-order valence-electron chi connectivity index (χ4n) is 1.96. The first-order valence-corrected chi connectivity index (χ1v) is 8.79. The van der Waals surface area contributed by atoms with Crippen molar-refractivity contribution in [2.75, 3.05) is 0 Å². The van der Waals surface area contributed by atoms with Gasteiger partial charge in [0.25, 0.3) is 0 Å². The van der Waals surface area contributed by atoms with Gasteiger partial charge in [-0.3, -0.25) is 4.79 Å². The van der Waals surface area contributed by atoms with Gasteiger partial charge in [0.15, 0.2) is 0 Å². The predicted molar refractivity (Wildman–Crippen MR) is 80.1 cm³/mol. The summed E-state index contributed by atoms with van der Waals surface area (Å²) in [5.74, 6) is 0.844. The predicted octanol–water partition coefficient (Wildman–Crippen LogP) is 4.45. The van der Waals surface area contributed by atoms with Crippen LogP contribution in [0.3, 0.4) is 0 Å². The number of carbonyl (C=O) groups is 1. The Balaban J connectivity index is 4.65. The van der Waals surface area contributed by atoms with Crippen LogP contribution in [-0.2, 0) is 9.22 Å². The molecule has 0 N–H and O–H groups in total. The number of hydrogen-bond donors (Lipinski definition) is 0. The summed E-state index contributed by atoms with van der Waals surface area (Å²) in [7, 11) is -0.845. The molecule has 0 aromatic carbocycles. The zero-order valence-corrected chi connectivity index (χ0v) is 14.4. The van der Waals surface area contributed by atoms with E-state index in [0.717, 1.165) is 0 Å². The Bertz CT molecular complexity index is 239. The molecule has 2 nitrogen and oxygen atoms in total. The molecule has 3 heteroatoms. The molecule has 0 aliphatic heterocycles. The minimum atomic E-state index is -0.845. The second-order valence-corrected chi connectivity index (χ2v) is 9.79. The van der Waals surface area contributed by atoms with Crippen molar-refractivity contribution in [2.24, 2.45) is 11.8 Å². The average Bonchev–Trinajstić information content (AvgIpc) is 2.21. The third-order valence-electron chi connectivity index (χ3n) is 3.22. The van der Waals surface area contributed by atoms with Crippen LogP contribution in [0.4, 0.5) is 0 Å². The lowest BCUT2D eigenvalue weighted by Crippen LogP contribution is -2.35. The molecule has 107 valence electrons. The molecule has 0 aromatic rings. The second kappa shape index (κ2) is 8.11. The topological polar surface area (TPSA) is 26.3 Å². The molecule has 0 rings (SSSR count). The molecule has 0 saturated carbocycles. The molecule has 0 aliphatic rings. The number of Topliss-reactive ketones (excluding diaryl/α,β-unsaturated/α-hetero) is 1. The summed E-state index contributed by atoms with van der Waals surface area (Å²) in [5.41, 5.74) is 1.18. The van der Waals surface area contributed by atoms with E-state index in [4.69, 9.17) is 4.43 Å². The van der Waals surface area contributed by atoms with Gasteiger partial charge < -0.3 is 4.43 Å². The van der Waals surface area contributed by atoms with Gasteiger partial charge in [-0.1, -0.05) is 55.4 Å². The van der Waals surface area contributed by atoms with E-state index in [2.05, 4.69) is 41.5 Å². The first-order valence-electron chi connectivity index (χ1n) is 7.22. The monoisotopic (exact) mass is 271 g/mol. The van der Waals surface area contributed by atoms with Crippen molar-refractivity contribution < 1.29 is 9.22 Å². The van der Waals surface area contributed by atoms with Gasteiger partial charge in [-0.2, -0.15) is 0 Å². The zero-order chi connectivity index (χ0) is 14.5. The average molecular weight is 271 g/mol. The summed E-state index contributed by atoms with van der Waals surface area (Å²) >= 11 is 0. The Morgan fingerprint density at radius 3 is 1.67 bits per heavy atom. The van der Waals surface area contributed by atoms with Crippen LogP contribution in [-0.4, -0.2) is 20.9 Å². The molecule has 0 fully saturated rings. The first kappa shape index (κ1) is 17.8. The molecular formula is C15H31O2Si. The number of carbonyl (C=O) groups excluding carboxylic acids is 1. The second-order valence-electron chi connectivity index (χ2n) is 6.44. The van der Waals surface area contributed by atoms with Crippen LogP contribution in [0.1, 0.15) is 61.8 Å². The third-order valence-corrected chi connectivity index (χ3v) is 6.07. The highest BCUT2D eigenvalue weighted by molar-refractivity contribution is 6.55. The number of hydrogen-bond acceptors (Lipinski definition) is 2. The van der Waals surface area contributed by atoms with E-state index in [1.54, 1.807) is 0 Å². The largest absolute Gasteiger partial charge is 0.412 e.